The fraction of sp³-hybridized carbons (Fsp3) is 0.190. The minimum Gasteiger partial charge on any atom is -0.496 e. The Kier molecular flexibility index (Phi) is 6.91. The molecule has 0 saturated carbocycles. The van der Waals surface area contributed by atoms with Crippen LogP contribution in [0.25, 0.3) is 0 Å². The number of anilines is 2. The Hall–Kier alpha value is -3.26. The highest BCUT2D eigenvalue weighted by atomic mass is 32.2. The maximum Gasteiger partial charge on any atom is 0.234 e. The first-order chi connectivity index (χ1) is 14.0. The zero-order chi connectivity index (χ0) is 20.6. The SMILES string of the molecule is COc1ccccc1Cn1ccnc1SCC(=O)Nc1ccc(NC(C)=O)cc1. The Morgan fingerprint density at radius 2 is 1.76 bits per heavy atom. The molecule has 0 aliphatic rings. The van der Waals surface area contributed by atoms with Crippen LogP contribution in [0.15, 0.2) is 66.1 Å². The molecule has 8 heteroatoms. The molecule has 0 saturated heterocycles. The number of methoxy groups -OCH3 is 1. The van der Waals surface area contributed by atoms with Gasteiger partial charge in [-0.15, -0.1) is 0 Å². The average molecular weight is 410 g/mol. The Balaban J connectivity index is 1.56. The summed E-state index contributed by atoms with van der Waals surface area (Å²) in [6, 6.07) is 14.8. The molecule has 7 nitrogen and oxygen atoms in total. The lowest BCUT2D eigenvalue weighted by Crippen LogP contribution is -2.15. The molecule has 2 amide bonds. The number of imidazole rings is 1. The zero-order valence-corrected chi connectivity index (χ0v) is 17.0. The van der Waals surface area contributed by atoms with Gasteiger partial charge in [-0.25, -0.2) is 4.98 Å². The van der Waals surface area contributed by atoms with Crippen molar-refractivity contribution in [2.45, 2.75) is 18.6 Å². The van der Waals surface area contributed by atoms with Gasteiger partial charge in [-0.1, -0.05) is 30.0 Å². The van der Waals surface area contributed by atoms with Crippen LogP contribution in [0, 0.1) is 0 Å². The molecule has 0 spiro atoms. The van der Waals surface area contributed by atoms with Crippen molar-refractivity contribution in [1.29, 1.82) is 0 Å². The predicted molar refractivity (Wildman–Crippen MR) is 114 cm³/mol. The van der Waals surface area contributed by atoms with E-state index in [9.17, 15) is 9.59 Å². The van der Waals surface area contributed by atoms with Gasteiger partial charge < -0.3 is 19.9 Å². The number of hydrogen-bond acceptors (Lipinski definition) is 5. The van der Waals surface area contributed by atoms with Gasteiger partial charge >= 0.3 is 0 Å². The van der Waals surface area contributed by atoms with E-state index in [0.717, 1.165) is 16.5 Å². The van der Waals surface area contributed by atoms with E-state index in [4.69, 9.17) is 4.74 Å². The van der Waals surface area contributed by atoms with E-state index in [1.807, 2.05) is 35.0 Å². The van der Waals surface area contributed by atoms with Crippen LogP contribution in [0.2, 0.25) is 0 Å². The highest BCUT2D eigenvalue weighted by molar-refractivity contribution is 7.99. The number of nitrogens with zero attached hydrogens (tertiary/aromatic N) is 2. The first-order valence-corrected chi connectivity index (χ1v) is 9.97. The number of benzene rings is 2. The van der Waals surface area contributed by atoms with Crippen LogP contribution in [-0.4, -0.2) is 34.2 Å². The number of rotatable bonds is 8. The number of para-hydroxylation sites is 1. The summed E-state index contributed by atoms with van der Waals surface area (Å²) in [5, 5.41) is 6.29. The van der Waals surface area contributed by atoms with Crippen LogP contribution in [-0.2, 0) is 16.1 Å². The molecular formula is C21H22N4O3S. The van der Waals surface area contributed by atoms with Gasteiger partial charge in [0.25, 0.3) is 0 Å². The number of hydrogen-bond donors (Lipinski definition) is 2. The highest BCUT2D eigenvalue weighted by Crippen LogP contribution is 2.22. The smallest absolute Gasteiger partial charge is 0.234 e. The normalized spacial score (nSPS) is 10.4. The monoisotopic (exact) mass is 410 g/mol. The topological polar surface area (TPSA) is 85.2 Å². The molecule has 3 aromatic rings. The van der Waals surface area contributed by atoms with Gasteiger partial charge in [0.2, 0.25) is 11.8 Å². The molecule has 0 fully saturated rings. The van der Waals surface area contributed by atoms with Crippen LogP contribution in [0.5, 0.6) is 5.75 Å². The summed E-state index contributed by atoms with van der Waals surface area (Å²) in [7, 11) is 1.65. The van der Waals surface area contributed by atoms with Gasteiger partial charge in [-0.3, -0.25) is 9.59 Å². The molecule has 2 aromatic carbocycles. The highest BCUT2D eigenvalue weighted by Gasteiger charge is 2.10. The molecule has 0 unspecified atom stereocenters. The zero-order valence-electron chi connectivity index (χ0n) is 16.2. The number of ether oxygens (including phenoxy) is 1. The summed E-state index contributed by atoms with van der Waals surface area (Å²) < 4.78 is 7.38. The predicted octanol–water partition coefficient (Wildman–Crippen LogP) is 3.63. The Bertz CT molecular complexity index is 986. The van der Waals surface area contributed by atoms with Crippen molar-refractivity contribution in [2.24, 2.45) is 0 Å². The molecule has 1 heterocycles. The molecule has 0 radical (unpaired) electrons. The molecule has 2 N–H and O–H groups in total. The second-order valence-corrected chi connectivity index (χ2v) is 7.19. The lowest BCUT2D eigenvalue weighted by molar-refractivity contribution is -0.114. The third kappa shape index (κ3) is 5.86. The van der Waals surface area contributed by atoms with Crippen molar-refractivity contribution in [3.63, 3.8) is 0 Å². The molecule has 1 aromatic heterocycles. The minimum atomic E-state index is -0.137. The Morgan fingerprint density at radius 1 is 1.07 bits per heavy atom. The van der Waals surface area contributed by atoms with Crippen LogP contribution in [0.1, 0.15) is 12.5 Å². The summed E-state index contributed by atoms with van der Waals surface area (Å²) in [5.41, 5.74) is 2.39. The van der Waals surface area contributed by atoms with E-state index in [1.54, 1.807) is 37.6 Å². The van der Waals surface area contributed by atoms with Crippen molar-refractivity contribution in [3.05, 3.63) is 66.5 Å². The third-order valence-corrected chi connectivity index (χ3v) is 5.04. The van der Waals surface area contributed by atoms with E-state index in [1.165, 1.54) is 18.7 Å². The van der Waals surface area contributed by atoms with Gasteiger partial charge in [-0.05, 0) is 30.3 Å². The van der Waals surface area contributed by atoms with Gasteiger partial charge in [-0.2, -0.15) is 0 Å². The average Bonchev–Trinajstić information content (AvgIpc) is 3.15. The van der Waals surface area contributed by atoms with Crippen LogP contribution in [0.3, 0.4) is 0 Å². The molecule has 0 atom stereocenters. The summed E-state index contributed by atoms with van der Waals surface area (Å²) in [4.78, 5) is 27.7. The number of aromatic nitrogens is 2. The maximum atomic E-state index is 12.3. The fourth-order valence-electron chi connectivity index (χ4n) is 2.74. The molecule has 0 aliphatic heterocycles. The Morgan fingerprint density at radius 3 is 2.45 bits per heavy atom. The molecule has 29 heavy (non-hydrogen) atoms. The number of nitrogens with one attached hydrogen (secondary N) is 2. The van der Waals surface area contributed by atoms with Gasteiger partial charge in [0.1, 0.15) is 5.75 Å². The first-order valence-electron chi connectivity index (χ1n) is 8.98. The quantitative estimate of drug-likeness (QED) is 0.554. The van der Waals surface area contributed by atoms with E-state index in [-0.39, 0.29) is 17.6 Å². The lowest BCUT2D eigenvalue weighted by Gasteiger charge is -2.11. The van der Waals surface area contributed by atoms with Gasteiger partial charge in [0.15, 0.2) is 5.16 Å². The molecule has 3 rings (SSSR count). The third-order valence-electron chi connectivity index (χ3n) is 4.03. The summed E-state index contributed by atoms with van der Waals surface area (Å²) in [6.45, 7) is 2.06. The molecule has 150 valence electrons. The van der Waals surface area contributed by atoms with E-state index < -0.39 is 0 Å². The first kappa shape index (κ1) is 20.5. The van der Waals surface area contributed by atoms with Gasteiger partial charge in [0.05, 0.1) is 19.4 Å². The lowest BCUT2D eigenvalue weighted by atomic mass is 10.2. The van der Waals surface area contributed by atoms with Crippen molar-refractivity contribution in [2.75, 3.05) is 23.5 Å². The summed E-state index contributed by atoms with van der Waals surface area (Å²) >= 11 is 1.37. The van der Waals surface area contributed by atoms with Gasteiger partial charge in [0, 0.05) is 36.3 Å². The van der Waals surface area contributed by atoms with E-state index >= 15 is 0 Å². The number of carbonyl (C=O) groups excluding carboxylic acids is 2. The largest absolute Gasteiger partial charge is 0.496 e. The number of thioether (sulfide) groups is 1. The molecular weight excluding hydrogens is 388 g/mol. The van der Waals surface area contributed by atoms with Crippen molar-refractivity contribution >= 4 is 35.0 Å². The van der Waals surface area contributed by atoms with Crippen LogP contribution < -0.4 is 15.4 Å². The fourth-order valence-corrected chi connectivity index (χ4v) is 3.50. The molecule has 0 bridgehead atoms. The number of amides is 2. The van der Waals surface area contributed by atoms with Crippen molar-refractivity contribution in [3.8, 4) is 5.75 Å². The Labute approximate surface area is 173 Å². The van der Waals surface area contributed by atoms with E-state index in [2.05, 4.69) is 15.6 Å². The van der Waals surface area contributed by atoms with Crippen molar-refractivity contribution < 1.29 is 14.3 Å². The van der Waals surface area contributed by atoms with Crippen molar-refractivity contribution in [1.82, 2.24) is 9.55 Å². The van der Waals surface area contributed by atoms with Crippen LogP contribution >= 0.6 is 11.8 Å². The standard InChI is InChI=1S/C21H22N4O3S/c1-15(26)23-17-7-9-18(10-8-17)24-20(27)14-29-21-22-11-12-25(21)13-16-5-3-4-6-19(16)28-2/h3-12H,13-14H2,1-2H3,(H,23,26)(H,24,27). The minimum absolute atomic E-state index is 0.130. The van der Waals surface area contributed by atoms with E-state index in [0.29, 0.717) is 17.9 Å². The van der Waals surface area contributed by atoms with Crippen LogP contribution in [0.4, 0.5) is 11.4 Å². The summed E-state index contributed by atoms with van der Waals surface area (Å²) in [5.74, 6) is 0.782. The number of carbonyl (C=O) groups is 2. The summed E-state index contributed by atoms with van der Waals surface area (Å²) in [6.07, 6.45) is 3.60. The molecule has 0 aliphatic carbocycles. The second kappa shape index (κ2) is 9.79. The maximum absolute atomic E-state index is 12.3. The second-order valence-electron chi connectivity index (χ2n) is 6.24.